The van der Waals surface area contributed by atoms with Crippen LogP contribution in [0.2, 0.25) is 0 Å². The highest BCUT2D eigenvalue weighted by Crippen LogP contribution is 2.53. The Labute approximate surface area is 259 Å². The van der Waals surface area contributed by atoms with Crippen molar-refractivity contribution < 1.29 is 38.4 Å². The van der Waals surface area contributed by atoms with Gasteiger partial charge in [0.1, 0.15) is 23.8 Å². The van der Waals surface area contributed by atoms with Gasteiger partial charge in [0, 0.05) is 62.2 Å². The second kappa shape index (κ2) is 12.8. The first-order valence-electron chi connectivity index (χ1n) is 16.2. The summed E-state index contributed by atoms with van der Waals surface area (Å²) in [5.74, 6) is -2.54. The number of carbonyl (C=O) groups excluding carboxylic acids is 3. The number of hydrogen-bond acceptors (Lipinski definition) is 9. The van der Waals surface area contributed by atoms with Crippen LogP contribution in [0, 0.1) is 40.9 Å². The van der Waals surface area contributed by atoms with Crippen molar-refractivity contribution in [2.75, 3.05) is 14.2 Å². The topological polar surface area (TPSA) is 134 Å². The molecule has 0 aromatic rings. The smallest absolute Gasteiger partial charge is 0.309 e. The number of nitrogens with two attached hydrogens (primary N) is 1. The molecule has 0 bridgehead atoms. The van der Waals surface area contributed by atoms with Gasteiger partial charge in [-0.05, 0) is 45.4 Å². The summed E-state index contributed by atoms with van der Waals surface area (Å²) in [6, 6.07) is 0. The first-order chi connectivity index (χ1) is 19.8. The standard InChI is InChI=1S/C34H59NO8/c1-13-26-31(8)15-24(36)16-34(31,35)22(6)28(37)18(2)14-32(9,40-11)21(5)19(3)27(20(4)30(39)43-26)25-17-33(10,41-12)29(38)23(7)42-25/h18-23,25-27,29,38H,13-17,35H2,1-12H3/t18-,19-,20-,21-,22+,23+,25-,26-,27?,29+,31-,32-,33-,34?/m1/s1. The van der Waals surface area contributed by atoms with Crippen LogP contribution in [0.3, 0.4) is 0 Å². The van der Waals surface area contributed by atoms with Gasteiger partial charge in [-0.25, -0.2) is 0 Å². The largest absolute Gasteiger partial charge is 0.461 e. The number of ether oxygens (including phenoxy) is 4. The number of fused-ring (bicyclic) bond motifs is 1. The van der Waals surface area contributed by atoms with Crippen LogP contribution in [-0.4, -0.2) is 78.0 Å². The number of cyclic esters (lactones) is 1. The fourth-order valence-electron chi connectivity index (χ4n) is 8.99. The number of rotatable bonds is 4. The molecule has 3 N–H and O–H groups in total. The Morgan fingerprint density at radius 2 is 1.51 bits per heavy atom. The molecule has 0 spiro atoms. The maximum atomic E-state index is 14.2. The second-order valence-electron chi connectivity index (χ2n) is 15.0. The second-order valence-corrected chi connectivity index (χ2v) is 15.0. The number of methoxy groups -OCH3 is 2. The zero-order valence-electron chi connectivity index (χ0n) is 28.7. The molecule has 14 atom stereocenters. The predicted octanol–water partition coefficient (Wildman–Crippen LogP) is 4.49. The lowest BCUT2D eigenvalue weighted by Crippen LogP contribution is -2.63. The summed E-state index contributed by atoms with van der Waals surface area (Å²) in [6.45, 7) is 19.4. The van der Waals surface area contributed by atoms with Gasteiger partial charge in [-0.3, -0.25) is 14.4 Å². The van der Waals surface area contributed by atoms with E-state index in [0.717, 1.165) is 0 Å². The van der Waals surface area contributed by atoms with Gasteiger partial charge in [0.2, 0.25) is 0 Å². The fraction of sp³-hybridized carbons (Fsp3) is 0.912. The molecule has 3 aliphatic rings. The van der Waals surface area contributed by atoms with E-state index < -0.39 is 58.4 Å². The van der Waals surface area contributed by atoms with E-state index in [4.69, 9.17) is 24.7 Å². The third-order valence-electron chi connectivity index (χ3n) is 12.6. The van der Waals surface area contributed by atoms with Gasteiger partial charge in [0.05, 0.1) is 29.3 Å². The van der Waals surface area contributed by atoms with E-state index in [1.807, 2.05) is 55.4 Å². The number of aliphatic hydroxyl groups is 1. The van der Waals surface area contributed by atoms with Crippen LogP contribution < -0.4 is 5.73 Å². The van der Waals surface area contributed by atoms with Crippen molar-refractivity contribution in [2.45, 2.75) is 142 Å². The minimum Gasteiger partial charge on any atom is -0.461 e. The first-order valence-corrected chi connectivity index (χ1v) is 16.2. The molecule has 3 fully saturated rings. The van der Waals surface area contributed by atoms with Crippen molar-refractivity contribution in [3.8, 4) is 0 Å². The van der Waals surface area contributed by atoms with Crippen molar-refractivity contribution in [2.24, 2.45) is 46.7 Å². The fourth-order valence-corrected chi connectivity index (χ4v) is 8.99. The van der Waals surface area contributed by atoms with E-state index in [2.05, 4.69) is 13.8 Å². The van der Waals surface area contributed by atoms with Gasteiger partial charge >= 0.3 is 5.97 Å². The summed E-state index contributed by atoms with van der Waals surface area (Å²) in [4.78, 5) is 41.3. The molecule has 1 saturated carbocycles. The van der Waals surface area contributed by atoms with E-state index >= 15 is 0 Å². The maximum Gasteiger partial charge on any atom is 0.309 e. The van der Waals surface area contributed by atoms with E-state index in [1.54, 1.807) is 14.2 Å². The van der Waals surface area contributed by atoms with Crippen LogP contribution >= 0.6 is 0 Å². The zero-order valence-corrected chi connectivity index (χ0v) is 28.7. The lowest BCUT2D eigenvalue weighted by Gasteiger charge is -2.52. The molecule has 2 aliphatic heterocycles. The average Bonchev–Trinajstić information content (AvgIpc) is 3.20. The lowest BCUT2D eigenvalue weighted by atomic mass is 9.60. The number of hydrogen-bond donors (Lipinski definition) is 2. The van der Waals surface area contributed by atoms with Gasteiger partial charge in [0.25, 0.3) is 0 Å². The Bertz CT molecular complexity index is 1050. The molecule has 43 heavy (non-hydrogen) atoms. The molecule has 0 radical (unpaired) electrons. The van der Waals surface area contributed by atoms with Crippen molar-refractivity contribution in [3.63, 3.8) is 0 Å². The SMILES string of the molecule is CC[C@H]1OC(=O)[C@H](C)C([C@H]2C[C@@](C)(OC)[C@@H](O)[C@H](C)O2)[C@H](C)[C@@H](C)[C@](C)(OC)C[C@@H](C)C(=O)[C@H](C)C2(N)CC(=O)C[C@]12C. The Kier molecular flexibility index (Phi) is 10.7. The van der Waals surface area contributed by atoms with Gasteiger partial charge in [-0.1, -0.05) is 48.5 Å². The number of esters is 1. The summed E-state index contributed by atoms with van der Waals surface area (Å²) in [7, 11) is 3.26. The van der Waals surface area contributed by atoms with Crippen LogP contribution in [0.1, 0.15) is 101 Å². The molecule has 0 aromatic carbocycles. The van der Waals surface area contributed by atoms with Crippen molar-refractivity contribution >= 4 is 17.5 Å². The molecular weight excluding hydrogens is 550 g/mol. The molecule has 248 valence electrons. The zero-order chi connectivity index (χ0) is 32.9. The highest BCUT2D eigenvalue weighted by atomic mass is 16.6. The lowest BCUT2D eigenvalue weighted by molar-refractivity contribution is -0.236. The van der Waals surface area contributed by atoms with Crippen LogP contribution in [0.5, 0.6) is 0 Å². The molecule has 1 aliphatic carbocycles. The predicted molar refractivity (Wildman–Crippen MR) is 164 cm³/mol. The van der Waals surface area contributed by atoms with E-state index in [0.29, 0.717) is 19.3 Å². The Balaban J connectivity index is 2.19. The maximum absolute atomic E-state index is 14.2. The molecule has 3 rings (SSSR count). The summed E-state index contributed by atoms with van der Waals surface area (Å²) in [6.07, 6.45) is -0.900. The molecule has 9 heteroatoms. The minimum atomic E-state index is -1.16. The highest BCUT2D eigenvalue weighted by Gasteiger charge is 2.62. The highest BCUT2D eigenvalue weighted by molar-refractivity contribution is 5.89. The Hall–Kier alpha value is -1.39. The van der Waals surface area contributed by atoms with E-state index in [9.17, 15) is 19.5 Å². The third kappa shape index (κ3) is 6.10. The Morgan fingerprint density at radius 3 is 2.05 bits per heavy atom. The summed E-state index contributed by atoms with van der Waals surface area (Å²) in [5, 5.41) is 10.9. The van der Waals surface area contributed by atoms with Crippen molar-refractivity contribution in [1.82, 2.24) is 0 Å². The van der Waals surface area contributed by atoms with Crippen LogP contribution in [0.25, 0.3) is 0 Å². The number of Topliss-reactive ketones (excluding diaryl/α,β-unsaturated/α-hetero) is 2. The van der Waals surface area contributed by atoms with Crippen LogP contribution in [-0.2, 0) is 33.3 Å². The van der Waals surface area contributed by atoms with Gasteiger partial charge in [-0.2, -0.15) is 0 Å². The molecule has 9 nitrogen and oxygen atoms in total. The monoisotopic (exact) mass is 609 g/mol. The van der Waals surface area contributed by atoms with Gasteiger partial charge in [0.15, 0.2) is 0 Å². The minimum absolute atomic E-state index is 0.0102. The summed E-state index contributed by atoms with van der Waals surface area (Å²) >= 11 is 0. The van der Waals surface area contributed by atoms with E-state index in [1.165, 1.54) is 0 Å². The summed E-state index contributed by atoms with van der Waals surface area (Å²) in [5.41, 5.74) is 3.47. The molecule has 2 unspecified atom stereocenters. The molecule has 2 heterocycles. The molecule has 0 aromatic heterocycles. The molecule has 2 saturated heterocycles. The van der Waals surface area contributed by atoms with Crippen molar-refractivity contribution in [1.29, 1.82) is 0 Å². The Morgan fingerprint density at radius 1 is 0.930 bits per heavy atom. The number of aliphatic hydroxyl groups excluding tert-OH is 1. The average molecular weight is 610 g/mol. The molecular formula is C34H59NO8. The normalized spacial score (nSPS) is 50.6. The quantitative estimate of drug-likeness (QED) is 0.442. The van der Waals surface area contributed by atoms with Crippen LogP contribution in [0.4, 0.5) is 0 Å². The number of carbonyl (C=O) groups is 3. The van der Waals surface area contributed by atoms with Gasteiger partial charge in [-0.15, -0.1) is 0 Å². The summed E-state index contributed by atoms with van der Waals surface area (Å²) < 4.78 is 24.9. The first kappa shape index (κ1) is 36.1. The van der Waals surface area contributed by atoms with Crippen molar-refractivity contribution in [3.05, 3.63) is 0 Å². The third-order valence-corrected chi connectivity index (χ3v) is 12.6. The molecule has 0 amide bonds. The van der Waals surface area contributed by atoms with E-state index in [-0.39, 0.29) is 54.0 Å². The van der Waals surface area contributed by atoms with Crippen LogP contribution in [0.15, 0.2) is 0 Å². The number of ketones is 2. The van der Waals surface area contributed by atoms with Gasteiger partial charge < -0.3 is 29.8 Å².